The van der Waals surface area contributed by atoms with E-state index in [1.165, 1.54) is 7.11 Å². The Morgan fingerprint density at radius 1 is 1.20 bits per heavy atom. The summed E-state index contributed by atoms with van der Waals surface area (Å²) < 4.78 is 4.73. The van der Waals surface area contributed by atoms with E-state index in [4.69, 9.17) is 4.74 Å². The third-order valence-electron chi connectivity index (χ3n) is 2.11. The van der Waals surface area contributed by atoms with Crippen molar-refractivity contribution in [1.82, 2.24) is 10.2 Å². The predicted octanol–water partition coefficient (Wildman–Crippen LogP) is 0.871. The van der Waals surface area contributed by atoms with Gasteiger partial charge < -0.3 is 15.0 Å². The van der Waals surface area contributed by atoms with E-state index in [1.54, 1.807) is 0 Å². The molecule has 0 aromatic carbocycles. The van der Waals surface area contributed by atoms with E-state index >= 15 is 0 Å². The van der Waals surface area contributed by atoms with E-state index in [2.05, 4.69) is 24.1 Å². The molecule has 0 aliphatic rings. The maximum absolute atomic E-state index is 11.1. The van der Waals surface area contributed by atoms with Crippen LogP contribution in [0.4, 0.5) is 0 Å². The number of methoxy groups -OCH3 is 1. The average molecular weight is 216 g/mol. The van der Waals surface area contributed by atoms with Crippen LogP contribution in [0.3, 0.4) is 0 Å². The summed E-state index contributed by atoms with van der Waals surface area (Å²) in [6.45, 7) is 8.35. The Morgan fingerprint density at radius 2 is 1.80 bits per heavy atom. The highest BCUT2D eigenvalue weighted by Gasteiger charge is 2.03. The lowest BCUT2D eigenvalue weighted by Gasteiger charge is -2.20. The second-order valence-electron chi connectivity index (χ2n) is 3.62. The van der Waals surface area contributed by atoms with E-state index in [0.717, 1.165) is 32.5 Å². The summed E-state index contributed by atoms with van der Waals surface area (Å²) in [5.74, 6) is -0.0366. The van der Waals surface area contributed by atoms with Crippen molar-refractivity contribution in [3.63, 3.8) is 0 Å². The van der Waals surface area contributed by atoms with E-state index in [0.29, 0.717) is 6.54 Å². The minimum atomic E-state index is -0.0366. The molecular weight excluding hydrogens is 192 g/mol. The van der Waals surface area contributed by atoms with Crippen LogP contribution in [0.5, 0.6) is 0 Å². The van der Waals surface area contributed by atoms with Gasteiger partial charge in [0.15, 0.2) is 0 Å². The highest BCUT2D eigenvalue weighted by atomic mass is 16.5. The van der Waals surface area contributed by atoms with Gasteiger partial charge >= 0.3 is 0 Å². The molecule has 0 rings (SSSR count). The molecular formula is C11H24N2O2. The summed E-state index contributed by atoms with van der Waals surface area (Å²) in [5, 5.41) is 2.83. The standard InChI is InChI=1S/C11H24N2O2/c1-4-7-13(8-5-2)9-6-12-11(14)10-15-3/h4-10H2,1-3H3,(H,12,14). The first-order chi connectivity index (χ1) is 7.24. The van der Waals surface area contributed by atoms with Crippen molar-refractivity contribution < 1.29 is 9.53 Å². The van der Waals surface area contributed by atoms with Crippen molar-refractivity contribution in [3.05, 3.63) is 0 Å². The van der Waals surface area contributed by atoms with Gasteiger partial charge in [-0.05, 0) is 25.9 Å². The van der Waals surface area contributed by atoms with E-state index in [1.807, 2.05) is 0 Å². The van der Waals surface area contributed by atoms with Gasteiger partial charge in [0.2, 0.25) is 5.91 Å². The molecule has 0 spiro atoms. The summed E-state index contributed by atoms with van der Waals surface area (Å²) >= 11 is 0. The van der Waals surface area contributed by atoms with Crippen LogP contribution < -0.4 is 5.32 Å². The van der Waals surface area contributed by atoms with Crippen LogP contribution in [0.2, 0.25) is 0 Å². The molecule has 0 aliphatic carbocycles. The van der Waals surface area contributed by atoms with Crippen molar-refractivity contribution in [3.8, 4) is 0 Å². The Hall–Kier alpha value is -0.610. The molecule has 0 aromatic rings. The molecule has 0 saturated carbocycles. The number of hydrogen-bond donors (Lipinski definition) is 1. The molecule has 4 nitrogen and oxygen atoms in total. The van der Waals surface area contributed by atoms with Crippen LogP contribution >= 0.6 is 0 Å². The first-order valence-electron chi connectivity index (χ1n) is 5.72. The largest absolute Gasteiger partial charge is 0.375 e. The summed E-state index contributed by atoms with van der Waals surface area (Å²) in [5.41, 5.74) is 0. The smallest absolute Gasteiger partial charge is 0.246 e. The van der Waals surface area contributed by atoms with Gasteiger partial charge in [0.25, 0.3) is 0 Å². The second-order valence-corrected chi connectivity index (χ2v) is 3.62. The molecule has 0 fully saturated rings. The summed E-state index contributed by atoms with van der Waals surface area (Å²) in [6.07, 6.45) is 2.32. The lowest BCUT2D eigenvalue weighted by molar-refractivity contribution is -0.124. The van der Waals surface area contributed by atoms with E-state index in [9.17, 15) is 4.79 Å². The van der Waals surface area contributed by atoms with E-state index in [-0.39, 0.29) is 12.5 Å². The molecule has 0 unspecified atom stereocenters. The van der Waals surface area contributed by atoms with Crippen molar-refractivity contribution in [2.45, 2.75) is 26.7 Å². The van der Waals surface area contributed by atoms with Crippen LogP contribution in [0.1, 0.15) is 26.7 Å². The van der Waals surface area contributed by atoms with Gasteiger partial charge in [-0.25, -0.2) is 0 Å². The van der Waals surface area contributed by atoms with Crippen LogP contribution in [0.15, 0.2) is 0 Å². The lowest BCUT2D eigenvalue weighted by Crippen LogP contribution is -2.37. The van der Waals surface area contributed by atoms with Gasteiger partial charge in [0.05, 0.1) is 0 Å². The predicted molar refractivity (Wildman–Crippen MR) is 61.9 cm³/mol. The van der Waals surface area contributed by atoms with Crippen molar-refractivity contribution in [2.24, 2.45) is 0 Å². The fourth-order valence-electron chi connectivity index (χ4n) is 1.50. The molecule has 0 atom stereocenters. The topological polar surface area (TPSA) is 41.6 Å². The van der Waals surface area contributed by atoms with Gasteiger partial charge in [-0.1, -0.05) is 13.8 Å². The van der Waals surface area contributed by atoms with Crippen molar-refractivity contribution in [1.29, 1.82) is 0 Å². The molecule has 0 bridgehead atoms. The molecule has 4 heteroatoms. The Morgan fingerprint density at radius 3 is 2.27 bits per heavy atom. The molecule has 1 amide bonds. The average Bonchev–Trinajstić information content (AvgIpc) is 2.19. The highest BCUT2D eigenvalue weighted by Crippen LogP contribution is 1.92. The fourth-order valence-corrected chi connectivity index (χ4v) is 1.50. The molecule has 0 saturated heterocycles. The Bertz CT molecular complexity index is 157. The quantitative estimate of drug-likeness (QED) is 0.622. The summed E-state index contributed by atoms with van der Waals surface area (Å²) in [7, 11) is 1.53. The monoisotopic (exact) mass is 216 g/mol. The Balaban J connectivity index is 3.55. The minimum absolute atomic E-state index is 0.0366. The zero-order valence-electron chi connectivity index (χ0n) is 10.2. The molecule has 0 aliphatic heterocycles. The molecule has 15 heavy (non-hydrogen) atoms. The van der Waals surface area contributed by atoms with E-state index < -0.39 is 0 Å². The normalized spacial score (nSPS) is 10.7. The maximum atomic E-state index is 11.1. The van der Waals surface area contributed by atoms with Crippen LogP contribution in [-0.2, 0) is 9.53 Å². The van der Waals surface area contributed by atoms with Crippen LogP contribution in [0.25, 0.3) is 0 Å². The van der Waals surface area contributed by atoms with Crippen molar-refractivity contribution in [2.75, 3.05) is 39.9 Å². The second kappa shape index (κ2) is 9.93. The van der Waals surface area contributed by atoms with Gasteiger partial charge in [-0.3, -0.25) is 4.79 Å². The minimum Gasteiger partial charge on any atom is -0.375 e. The Labute approximate surface area is 93.0 Å². The lowest BCUT2D eigenvalue weighted by atomic mass is 10.3. The number of ether oxygens (including phenoxy) is 1. The highest BCUT2D eigenvalue weighted by molar-refractivity contribution is 5.77. The van der Waals surface area contributed by atoms with Crippen LogP contribution in [-0.4, -0.2) is 50.7 Å². The number of hydrogen-bond acceptors (Lipinski definition) is 3. The first kappa shape index (κ1) is 14.4. The zero-order chi connectivity index (χ0) is 11.5. The molecule has 90 valence electrons. The summed E-state index contributed by atoms with van der Waals surface area (Å²) in [4.78, 5) is 13.5. The van der Waals surface area contributed by atoms with Gasteiger partial charge in [0, 0.05) is 20.2 Å². The summed E-state index contributed by atoms with van der Waals surface area (Å²) in [6, 6.07) is 0. The number of amides is 1. The third-order valence-corrected chi connectivity index (χ3v) is 2.11. The number of nitrogens with zero attached hydrogens (tertiary/aromatic N) is 1. The van der Waals surface area contributed by atoms with Crippen LogP contribution in [0, 0.1) is 0 Å². The molecule has 0 radical (unpaired) electrons. The number of carbonyl (C=O) groups excluding carboxylic acids is 1. The number of nitrogens with one attached hydrogen (secondary N) is 1. The first-order valence-corrected chi connectivity index (χ1v) is 5.72. The Kier molecular flexibility index (Phi) is 9.52. The number of carbonyl (C=O) groups is 1. The number of rotatable bonds is 9. The van der Waals surface area contributed by atoms with Gasteiger partial charge in [0.1, 0.15) is 6.61 Å². The third kappa shape index (κ3) is 8.39. The molecule has 0 aromatic heterocycles. The molecule has 1 N–H and O–H groups in total. The zero-order valence-corrected chi connectivity index (χ0v) is 10.2. The fraction of sp³-hybridized carbons (Fsp3) is 0.909. The van der Waals surface area contributed by atoms with Gasteiger partial charge in [-0.15, -0.1) is 0 Å². The maximum Gasteiger partial charge on any atom is 0.246 e. The molecule has 0 heterocycles. The SMILES string of the molecule is CCCN(CCC)CCNC(=O)COC. The van der Waals surface area contributed by atoms with Crippen molar-refractivity contribution >= 4 is 5.91 Å². The van der Waals surface area contributed by atoms with Gasteiger partial charge in [-0.2, -0.15) is 0 Å².